The zero-order valence-electron chi connectivity index (χ0n) is 19.2. The number of ether oxygens (including phenoxy) is 2. The number of rotatable bonds is 5. The van der Waals surface area contributed by atoms with E-state index in [0.29, 0.717) is 29.6 Å². The zero-order chi connectivity index (χ0) is 22.9. The third-order valence-corrected chi connectivity index (χ3v) is 6.45. The van der Waals surface area contributed by atoms with Crippen molar-refractivity contribution in [1.29, 1.82) is 0 Å². The number of nitrogens with zero attached hydrogens (tertiary/aromatic N) is 5. The Morgan fingerprint density at radius 1 is 1.00 bits per heavy atom. The van der Waals surface area contributed by atoms with Gasteiger partial charge < -0.3 is 19.7 Å². The number of anilines is 2. The first-order chi connectivity index (χ1) is 16.1. The summed E-state index contributed by atoms with van der Waals surface area (Å²) >= 11 is 0. The van der Waals surface area contributed by atoms with E-state index in [1.54, 1.807) is 18.9 Å². The van der Waals surface area contributed by atoms with E-state index in [2.05, 4.69) is 20.4 Å². The maximum Gasteiger partial charge on any atom is 0.226 e. The first kappa shape index (κ1) is 21.2. The molecule has 0 saturated carbocycles. The minimum atomic E-state index is -0.215. The van der Waals surface area contributed by atoms with E-state index in [1.165, 1.54) is 19.3 Å². The first-order valence-corrected chi connectivity index (χ1v) is 11.3. The van der Waals surface area contributed by atoms with Gasteiger partial charge in [0.2, 0.25) is 5.91 Å². The normalized spacial score (nSPS) is 18.0. The minimum absolute atomic E-state index is 0.0866. The SMILES string of the molecule is COc1ccc(OC)c([C@@H]2CC(=O)Nc3c2c(C)nn3-c2ccc(N3CCCCC3)nn2)c1. The van der Waals surface area contributed by atoms with Crippen molar-refractivity contribution >= 4 is 17.5 Å². The summed E-state index contributed by atoms with van der Waals surface area (Å²) in [5, 5.41) is 16.6. The quantitative estimate of drug-likeness (QED) is 0.639. The Balaban J connectivity index is 1.55. The summed E-state index contributed by atoms with van der Waals surface area (Å²) in [6, 6.07) is 9.53. The molecule has 1 N–H and O–H groups in total. The van der Waals surface area contributed by atoms with Crippen LogP contribution in [0.15, 0.2) is 30.3 Å². The smallest absolute Gasteiger partial charge is 0.226 e. The number of amides is 1. The maximum absolute atomic E-state index is 12.8. The van der Waals surface area contributed by atoms with Crippen molar-refractivity contribution in [3.8, 4) is 17.3 Å². The summed E-state index contributed by atoms with van der Waals surface area (Å²) in [7, 11) is 3.25. The number of fused-ring (bicyclic) bond motifs is 1. The number of piperidine rings is 1. The lowest BCUT2D eigenvalue weighted by Crippen LogP contribution is -2.30. The Morgan fingerprint density at radius 3 is 2.45 bits per heavy atom. The van der Waals surface area contributed by atoms with Crippen molar-refractivity contribution < 1.29 is 14.3 Å². The Hall–Kier alpha value is -3.62. The van der Waals surface area contributed by atoms with Crippen molar-refractivity contribution in [2.24, 2.45) is 0 Å². The molecule has 3 aromatic rings. The molecule has 0 bridgehead atoms. The monoisotopic (exact) mass is 448 g/mol. The molecule has 1 saturated heterocycles. The molecular formula is C24H28N6O3. The fourth-order valence-electron chi connectivity index (χ4n) is 4.81. The molecule has 172 valence electrons. The van der Waals surface area contributed by atoms with Crippen LogP contribution in [0.4, 0.5) is 11.6 Å². The van der Waals surface area contributed by atoms with Gasteiger partial charge in [0.1, 0.15) is 17.3 Å². The van der Waals surface area contributed by atoms with Gasteiger partial charge in [-0.25, -0.2) is 0 Å². The average molecular weight is 449 g/mol. The van der Waals surface area contributed by atoms with Crippen molar-refractivity contribution in [2.45, 2.75) is 38.5 Å². The highest BCUT2D eigenvalue weighted by atomic mass is 16.5. The maximum atomic E-state index is 12.8. The minimum Gasteiger partial charge on any atom is -0.497 e. The van der Waals surface area contributed by atoms with Gasteiger partial charge in [-0.05, 0) is 56.5 Å². The van der Waals surface area contributed by atoms with E-state index in [-0.39, 0.29) is 11.8 Å². The second kappa shape index (κ2) is 8.73. The number of aromatic nitrogens is 4. The molecule has 2 aliphatic heterocycles. The summed E-state index contributed by atoms with van der Waals surface area (Å²) < 4.78 is 12.7. The summed E-state index contributed by atoms with van der Waals surface area (Å²) in [5.74, 6) is 3.18. The number of carbonyl (C=O) groups is 1. The van der Waals surface area contributed by atoms with Crippen LogP contribution in [0.1, 0.15) is 48.4 Å². The van der Waals surface area contributed by atoms with Crippen LogP contribution in [0.2, 0.25) is 0 Å². The van der Waals surface area contributed by atoms with E-state index in [1.807, 2.05) is 37.3 Å². The second-order valence-electron chi connectivity index (χ2n) is 8.47. The molecule has 2 aliphatic rings. The molecule has 0 aliphatic carbocycles. The first-order valence-electron chi connectivity index (χ1n) is 11.3. The Morgan fingerprint density at radius 2 is 1.76 bits per heavy atom. The number of aryl methyl sites for hydroxylation is 1. The Labute approximate surface area is 192 Å². The van der Waals surface area contributed by atoms with Crippen molar-refractivity contribution in [2.75, 3.05) is 37.5 Å². The van der Waals surface area contributed by atoms with Gasteiger partial charge in [0, 0.05) is 36.6 Å². The van der Waals surface area contributed by atoms with Crippen LogP contribution in [0.3, 0.4) is 0 Å². The predicted molar refractivity (Wildman–Crippen MR) is 125 cm³/mol. The van der Waals surface area contributed by atoms with Gasteiger partial charge in [-0.2, -0.15) is 9.78 Å². The van der Waals surface area contributed by atoms with Crippen LogP contribution in [-0.4, -0.2) is 53.2 Å². The molecule has 9 heteroatoms. The molecule has 0 unspecified atom stereocenters. The topological polar surface area (TPSA) is 94.4 Å². The second-order valence-corrected chi connectivity index (χ2v) is 8.47. The largest absolute Gasteiger partial charge is 0.497 e. The van der Waals surface area contributed by atoms with Gasteiger partial charge in [-0.3, -0.25) is 4.79 Å². The molecule has 0 spiro atoms. The third-order valence-electron chi connectivity index (χ3n) is 6.45. The molecule has 33 heavy (non-hydrogen) atoms. The fraction of sp³-hybridized carbons (Fsp3) is 0.417. The third kappa shape index (κ3) is 3.88. The summed E-state index contributed by atoms with van der Waals surface area (Å²) in [4.78, 5) is 15.0. The molecular weight excluding hydrogens is 420 g/mol. The van der Waals surface area contributed by atoms with Crippen molar-refractivity contribution in [3.05, 3.63) is 47.2 Å². The molecule has 0 radical (unpaired) electrons. The predicted octanol–water partition coefficient (Wildman–Crippen LogP) is 3.45. The molecule has 1 aromatic carbocycles. The van der Waals surface area contributed by atoms with E-state index in [9.17, 15) is 4.79 Å². The summed E-state index contributed by atoms with van der Waals surface area (Å²) in [5.41, 5.74) is 2.66. The van der Waals surface area contributed by atoms with E-state index < -0.39 is 0 Å². The molecule has 1 amide bonds. The summed E-state index contributed by atoms with van der Waals surface area (Å²) in [6.07, 6.45) is 3.91. The molecule has 1 atom stereocenters. The van der Waals surface area contributed by atoms with Crippen LogP contribution in [-0.2, 0) is 4.79 Å². The number of methoxy groups -OCH3 is 2. The molecule has 9 nitrogen and oxygen atoms in total. The Kier molecular flexibility index (Phi) is 5.62. The van der Waals surface area contributed by atoms with Crippen LogP contribution in [0.5, 0.6) is 11.5 Å². The number of carbonyl (C=O) groups excluding carboxylic acids is 1. The highest BCUT2D eigenvalue weighted by molar-refractivity contribution is 5.95. The lowest BCUT2D eigenvalue weighted by atomic mass is 9.85. The lowest BCUT2D eigenvalue weighted by molar-refractivity contribution is -0.116. The highest BCUT2D eigenvalue weighted by Gasteiger charge is 2.34. The van der Waals surface area contributed by atoms with Crippen LogP contribution < -0.4 is 19.7 Å². The van der Waals surface area contributed by atoms with Crippen molar-refractivity contribution in [1.82, 2.24) is 20.0 Å². The molecule has 1 fully saturated rings. The van der Waals surface area contributed by atoms with Gasteiger partial charge in [0.05, 0.1) is 19.9 Å². The zero-order valence-corrected chi connectivity index (χ0v) is 19.2. The number of hydrogen-bond donors (Lipinski definition) is 1. The fourth-order valence-corrected chi connectivity index (χ4v) is 4.81. The van der Waals surface area contributed by atoms with Gasteiger partial charge in [0.25, 0.3) is 0 Å². The highest BCUT2D eigenvalue weighted by Crippen LogP contribution is 2.44. The average Bonchev–Trinajstić information content (AvgIpc) is 3.19. The standard InChI is InChI=1S/C24H28N6O3/c1-15-23-18(17-13-16(32-2)7-8-19(17)33-3)14-22(31)25-24(23)30(28-15)21-10-9-20(26-27-21)29-11-5-4-6-12-29/h7-10,13,18H,4-6,11-12,14H2,1-3H3,(H,25,31)/t18-/m0/s1. The van der Waals surface area contributed by atoms with Crippen LogP contribution >= 0.6 is 0 Å². The number of hydrogen-bond acceptors (Lipinski definition) is 7. The molecule has 4 heterocycles. The molecule has 2 aromatic heterocycles. The molecule has 5 rings (SSSR count). The van der Waals surface area contributed by atoms with E-state index >= 15 is 0 Å². The number of benzene rings is 1. The lowest BCUT2D eigenvalue weighted by Gasteiger charge is -2.27. The Bertz CT molecular complexity index is 1170. The van der Waals surface area contributed by atoms with Crippen LogP contribution in [0, 0.1) is 6.92 Å². The van der Waals surface area contributed by atoms with Gasteiger partial charge in [-0.15, -0.1) is 10.2 Å². The van der Waals surface area contributed by atoms with Gasteiger partial charge in [-0.1, -0.05) is 0 Å². The summed E-state index contributed by atoms with van der Waals surface area (Å²) in [6.45, 7) is 3.96. The van der Waals surface area contributed by atoms with Crippen molar-refractivity contribution in [3.63, 3.8) is 0 Å². The van der Waals surface area contributed by atoms with Crippen LogP contribution in [0.25, 0.3) is 5.82 Å². The number of nitrogens with one attached hydrogen (secondary N) is 1. The van der Waals surface area contributed by atoms with E-state index in [4.69, 9.17) is 14.6 Å². The van der Waals surface area contributed by atoms with Gasteiger partial charge >= 0.3 is 0 Å². The van der Waals surface area contributed by atoms with Gasteiger partial charge in [0.15, 0.2) is 11.6 Å². The van der Waals surface area contributed by atoms with E-state index in [0.717, 1.165) is 35.7 Å².